The first-order chi connectivity index (χ1) is 6.09. The van der Waals surface area contributed by atoms with E-state index in [9.17, 15) is 14.9 Å². The van der Waals surface area contributed by atoms with Gasteiger partial charge < -0.3 is 5.32 Å². The van der Waals surface area contributed by atoms with Gasteiger partial charge in [-0.3, -0.25) is 14.9 Å². The number of carbonyl (C=O) groups excluding carboxylic acids is 1. The van der Waals surface area contributed by atoms with Gasteiger partial charge in [0.15, 0.2) is 0 Å². The molecule has 0 unspecified atom stereocenters. The summed E-state index contributed by atoms with van der Waals surface area (Å²) in [5.74, 6) is -0.281. The Balaban J connectivity index is 2.91. The maximum atomic E-state index is 10.6. The smallest absolute Gasteiger partial charge is 0.271 e. The Morgan fingerprint density at radius 1 is 1.69 bits per heavy atom. The molecule has 0 saturated heterocycles. The molecule has 1 aromatic rings. The van der Waals surface area contributed by atoms with Crippen molar-refractivity contribution in [3.05, 3.63) is 34.4 Å². The number of nitrogens with zero attached hydrogens (tertiary/aromatic N) is 1. The first-order valence-corrected chi connectivity index (χ1v) is 3.53. The highest BCUT2D eigenvalue weighted by Crippen LogP contribution is 2.15. The number of hydrogen-bond donors (Lipinski definition) is 1. The lowest BCUT2D eigenvalue weighted by Crippen LogP contribution is -2.05. The summed E-state index contributed by atoms with van der Waals surface area (Å²) in [5.41, 5.74) is 0.240. The minimum absolute atomic E-state index is 0.0671. The number of benzene rings is 1. The molecule has 5 nitrogen and oxygen atoms in total. The van der Waals surface area contributed by atoms with Crippen molar-refractivity contribution >= 4 is 17.3 Å². The number of amides is 1. The van der Waals surface area contributed by atoms with Gasteiger partial charge in [0.1, 0.15) is 0 Å². The van der Waals surface area contributed by atoms with Crippen molar-refractivity contribution in [1.29, 1.82) is 0 Å². The number of carbonyl (C=O) groups is 1. The number of hydrogen-bond acceptors (Lipinski definition) is 3. The Kier molecular flexibility index (Phi) is 2.59. The second kappa shape index (κ2) is 3.66. The van der Waals surface area contributed by atoms with E-state index in [0.29, 0.717) is 5.69 Å². The minimum Gasteiger partial charge on any atom is -0.326 e. The fourth-order valence-corrected chi connectivity index (χ4v) is 0.830. The molecule has 1 aromatic carbocycles. The lowest BCUT2D eigenvalue weighted by atomic mass is 10.3. The van der Waals surface area contributed by atoms with Gasteiger partial charge in [-0.15, -0.1) is 0 Å². The third kappa shape index (κ3) is 2.55. The number of nitro groups is 1. The maximum absolute atomic E-state index is 10.6. The van der Waals surface area contributed by atoms with Crippen LogP contribution in [-0.2, 0) is 4.79 Å². The second-order valence-electron chi connectivity index (χ2n) is 2.40. The Hall–Kier alpha value is -1.91. The first-order valence-electron chi connectivity index (χ1n) is 3.53. The summed E-state index contributed by atoms with van der Waals surface area (Å²) < 4.78 is 0. The zero-order chi connectivity index (χ0) is 9.84. The molecule has 0 fully saturated rings. The summed E-state index contributed by atoms with van der Waals surface area (Å²) in [4.78, 5) is 20.4. The summed E-state index contributed by atoms with van der Waals surface area (Å²) in [5, 5.41) is 12.7. The normalized spacial score (nSPS) is 9.31. The van der Waals surface area contributed by atoms with Crippen LogP contribution < -0.4 is 5.32 Å². The van der Waals surface area contributed by atoms with Crippen molar-refractivity contribution in [2.24, 2.45) is 0 Å². The summed E-state index contributed by atoms with van der Waals surface area (Å²) in [6.07, 6.45) is 0. The van der Waals surface area contributed by atoms with Crippen molar-refractivity contribution in [2.45, 2.75) is 6.92 Å². The van der Waals surface area contributed by atoms with Crippen LogP contribution in [0.4, 0.5) is 11.4 Å². The molecule has 13 heavy (non-hydrogen) atoms. The number of rotatable bonds is 2. The quantitative estimate of drug-likeness (QED) is 0.550. The molecule has 0 spiro atoms. The Bertz CT molecular complexity index is 349. The number of non-ortho nitro benzene ring substituents is 1. The highest BCUT2D eigenvalue weighted by atomic mass is 16.6. The van der Waals surface area contributed by atoms with Gasteiger partial charge in [0.25, 0.3) is 5.69 Å². The predicted molar refractivity (Wildman–Crippen MR) is 46.2 cm³/mol. The van der Waals surface area contributed by atoms with E-state index in [1.54, 1.807) is 0 Å². The SMILES string of the molecule is CC(=O)Nc1[c]ccc([N+](=O)[O-])c1. The zero-order valence-electron chi connectivity index (χ0n) is 6.90. The average Bonchev–Trinajstić information content (AvgIpc) is 2.03. The number of nitro benzene ring substituents is 1. The molecular weight excluding hydrogens is 172 g/mol. The Morgan fingerprint density at radius 2 is 2.38 bits per heavy atom. The van der Waals surface area contributed by atoms with E-state index in [1.807, 2.05) is 0 Å². The lowest BCUT2D eigenvalue weighted by molar-refractivity contribution is -0.384. The topological polar surface area (TPSA) is 72.2 Å². The van der Waals surface area contributed by atoms with Crippen LogP contribution in [0.25, 0.3) is 0 Å². The van der Waals surface area contributed by atoms with Gasteiger partial charge in [0, 0.05) is 25.1 Å². The fraction of sp³-hybridized carbons (Fsp3) is 0.125. The van der Waals surface area contributed by atoms with Crippen LogP contribution in [0.3, 0.4) is 0 Å². The van der Waals surface area contributed by atoms with Gasteiger partial charge in [-0.25, -0.2) is 0 Å². The molecule has 0 bridgehead atoms. The van der Waals surface area contributed by atoms with Crippen LogP contribution in [0, 0.1) is 16.2 Å². The van der Waals surface area contributed by atoms with Crippen molar-refractivity contribution in [2.75, 3.05) is 5.32 Å². The summed E-state index contributed by atoms with van der Waals surface area (Å²) in [7, 11) is 0. The number of anilines is 1. The molecule has 0 atom stereocenters. The summed E-state index contributed by atoms with van der Waals surface area (Å²) in [6.45, 7) is 1.33. The molecule has 67 valence electrons. The van der Waals surface area contributed by atoms with Gasteiger partial charge >= 0.3 is 0 Å². The van der Waals surface area contributed by atoms with Gasteiger partial charge in [0.2, 0.25) is 5.91 Å². The van der Waals surface area contributed by atoms with E-state index in [1.165, 1.54) is 25.1 Å². The summed E-state index contributed by atoms with van der Waals surface area (Å²) >= 11 is 0. The van der Waals surface area contributed by atoms with Crippen LogP contribution in [0.1, 0.15) is 6.92 Å². The molecule has 5 heteroatoms. The van der Waals surface area contributed by atoms with Crippen LogP contribution in [0.15, 0.2) is 18.2 Å². The van der Waals surface area contributed by atoms with Gasteiger partial charge in [-0.2, -0.15) is 0 Å². The molecule has 1 radical (unpaired) electrons. The number of nitrogens with one attached hydrogen (secondary N) is 1. The maximum Gasteiger partial charge on any atom is 0.271 e. The van der Waals surface area contributed by atoms with Gasteiger partial charge in [0.05, 0.1) is 10.6 Å². The molecule has 0 aliphatic heterocycles. The second-order valence-corrected chi connectivity index (χ2v) is 2.40. The third-order valence-corrected chi connectivity index (χ3v) is 1.31. The molecule has 0 saturated carbocycles. The van der Waals surface area contributed by atoms with E-state index < -0.39 is 4.92 Å². The Labute approximate surface area is 74.5 Å². The Morgan fingerprint density at radius 3 is 2.92 bits per heavy atom. The average molecular weight is 179 g/mol. The van der Waals surface area contributed by atoms with Gasteiger partial charge in [-0.1, -0.05) is 0 Å². The monoisotopic (exact) mass is 179 g/mol. The first kappa shape index (κ1) is 9.18. The molecule has 0 aromatic heterocycles. The minimum atomic E-state index is -0.529. The molecular formula is C8H7N2O3. The van der Waals surface area contributed by atoms with Crippen LogP contribution in [0.2, 0.25) is 0 Å². The molecule has 0 heterocycles. The largest absolute Gasteiger partial charge is 0.326 e. The molecule has 0 aliphatic rings. The van der Waals surface area contributed by atoms with Crippen LogP contribution in [0.5, 0.6) is 0 Å². The molecule has 1 amide bonds. The molecule has 1 rings (SSSR count). The third-order valence-electron chi connectivity index (χ3n) is 1.31. The van der Waals surface area contributed by atoms with E-state index in [0.717, 1.165) is 0 Å². The van der Waals surface area contributed by atoms with Crippen molar-refractivity contribution in [3.63, 3.8) is 0 Å². The molecule has 1 N–H and O–H groups in total. The predicted octanol–water partition coefficient (Wildman–Crippen LogP) is 1.35. The van der Waals surface area contributed by atoms with Crippen molar-refractivity contribution < 1.29 is 9.72 Å². The standard InChI is InChI=1S/C8H7N2O3/c1-6(11)9-7-3-2-4-8(5-7)10(12)13/h2,4-5H,1H3,(H,9,11). The van der Waals surface area contributed by atoms with Gasteiger partial charge in [-0.05, 0) is 6.07 Å². The van der Waals surface area contributed by atoms with E-state index >= 15 is 0 Å². The van der Waals surface area contributed by atoms with E-state index in [-0.39, 0.29) is 11.6 Å². The fourth-order valence-electron chi connectivity index (χ4n) is 0.830. The molecule has 0 aliphatic carbocycles. The highest BCUT2D eigenvalue weighted by Gasteiger charge is 2.05. The van der Waals surface area contributed by atoms with Crippen LogP contribution in [-0.4, -0.2) is 10.8 Å². The lowest BCUT2D eigenvalue weighted by Gasteiger charge is -1.99. The van der Waals surface area contributed by atoms with E-state index in [4.69, 9.17) is 0 Å². The zero-order valence-corrected chi connectivity index (χ0v) is 6.90. The highest BCUT2D eigenvalue weighted by molar-refractivity contribution is 5.88. The van der Waals surface area contributed by atoms with Crippen molar-refractivity contribution in [3.8, 4) is 0 Å². The van der Waals surface area contributed by atoms with Crippen LogP contribution >= 0.6 is 0 Å². The van der Waals surface area contributed by atoms with Crippen molar-refractivity contribution in [1.82, 2.24) is 0 Å². The van der Waals surface area contributed by atoms with E-state index in [2.05, 4.69) is 11.4 Å². The summed E-state index contributed by atoms with van der Waals surface area (Å²) in [6, 6.07) is 6.61.